The molecule has 0 fully saturated rings. The number of rotatable bonds is 5. The van der Waals surface area contributed by atoms with E-state index in [1.807, 2.05) is 49.1 Å². The number of fused-ring (bicyclic) bond motifs is 5. The van der Waals surface area contributed by atoms with E-state index in [1.165, 1.54) is 38.2 Å². The maximum Gasteiger partial charge on any atom is 0.137 e. The number of hydrogen-bond acceptors (Lipinski definition) is 4. The van der Waals surface area contributed by atoms with E-state index in [9.17, 15) is 0 Å². The quantitative estimate of drug-likeness (QED) is 0.174. The van der Waals surface area contributed by atoms with Gasteiger partial charge in [-0.15, -0.1) is 0 Å². The highest BCUT2D eigenvalue weighted by Crippen LogP contribution is 2.44. The van der Waals surface area contributed by atoms with Crippen LogP contribution in [-0.2, 0) is 0 Å². The van der Waals surface area contributed by atoms with E-state index in [4.69, 9.17) is 15.0 Å². The summed E-state index contributed by atoms with van der Waals surface area (Å²) in [5, 5.41) is 7.05. The van der Waals surface area contributed by atoms with Crippen LogP contribution in [0, 0.1) is 0 Å². The predicted molar refractivity (Wildman–Crippen MR) is 209 cm³/mol. The van der Waals surface area contributed by atoms with Gasteiger partial charge in [-0.3, -0.25) is 14.5 Å². The molecular weight excluding hydrogens is 623 g/mol. The van der Waals surface area contributed by atoms with Crippen molar-refractivity contribution in [2.24, 2.45) is 0 Å². The van der Waals surface area contributed by atoms with Gasteiger partial charge in [0.15, 0.2) is 0 Å². The summed E-state index contributed by atoms with van der Waals surface area (Å²) < 4.78 is 2.20. The van der Waals surface area contributed by atoms with Crippen molar-refractivity contribution in [2.75, 3.05) is 0 Å². The van der Waals surface area contributed by atoms with Crippen molar-refractivity contribution >= 4 is 43.4 Å². The van der Waals surface area contributed by atoms with E-state index in [0.717, 1.165) is 55.8 Å². The molecule has 0 aliphatic carbocycles. The first-order chi connectivity index (χ1) is 25.3. The van der Waals surface area contributed by atoms with Gasteiger partial charge in [0.05, 0.1) is 28.1 Å². The Bertz CT molecular complexity index is 2790. The van der Waals surface area contributed by atoms with E-state index < -0.39 is 0 Å². The molecule has 0 spiro atoms. The average Bonchev–Trinajstić information content (AvgIpc) is 3.55. The van der Waals surface area contributed by atoms with Crippen LogP contribution in [0.25, 0.3) is 94.1 Å². The van der Waals surface area contributed by atoms with Gasteiger partial charge in [0, 0.05) is 41.1 Å². The third-order valence-electron chi connectivity index (χ3n) is 9.78. The Morgan fingerprint density at radius 3 is 1.69 bits per heavy atom. The Balaban J connectivity index is 1.20. The molecule has 0 N–H and O–H groups in total. The Hall–Kier alpha value is -6.98. The van der Waals surface area contributed by atoms with Gasteiger partial charge in [-0.2, -0.15) is 0 Å². The highest BCUT2D eigenvalue weighted by atomic mass is 15.1. The molecule has 10 rings (SSSR count). The van der Waals surface area contributed by atoms with Crippen LogP contribution in [0.3, 0.4) is 0 Å². The van der Waals surface area contributed by atoms with Gasteiger partial charge in [-0.25, -0.2) is 9.97 Å². The molecule has 51 heavy (non-hydrogen) atoms. The molecule has 0 saturated heterocycles. The van der Waals surface area contributed by atoms with Crippen LogP contribution >= 0.6 is 0 Å². The maximum absolute atomic E-state index is 5.20. The SMILES string of the molecule is c1ccc(-c2c3ccccc3c(-c3cc(-c4ccc(-n5c6ccccc6c6cnccc65)nc4)nc(-c4ccccn4)c3)c3ccccc23)cc1. The predicted octanol–water partition coefficient (Wildman–Crippen LogP) is 11.3. The van der Waals surface area contributed by atoms with E-state index >= 15 is 0 Å². The summed E-state index contributed by atoms with van der Waals surface area (Å²) in [6.45, 7) is 0. The molecule has 0 aliphatic heterocycles. The molecule has 0 radical (unpaired) electrons. The number of benzene rings is 5. The van der Waals surface area contributed by atoms with Crippen LogP contribution in [0.2, 0.25) is 0 Å². The minimum Gasteiger partial charge on any atom is -0.294 e. The molecule has 0 amide bonds. The van der Waals surface area contributed by atoms with Crippen LogP contribution in [0.15, 0.2) is 176 Å². The summed E-state index contributed by atoms with van der Waals surface area (Å²) in [5.41, 5.74) is 10.2. The Morgan fingerprint density at radius 1 is 0.373 bits per heavy atom. The lowest BCUT2D eigenvalue weighted by Crippen LogP contribution is -1.98. The zero-order valence-electron chi connectivity index (χ0n) is 27.5. The van der Waals surface area contributed by atoms with Crippen LogP contribution < -0.4 is 0 Å². The van der Waals surface area contributed by atoms with Crippen molar-refractivity contribution in [3.8, 4) is 50.7 Å². The summed E-state index contributed by atoms with van der Waals surface area (Å²) in [6.07, 6.45) is 7.51. The minimum absolute atomic E-state index is 0.808. The molecule has 0 atom stereocenters. The van der Waals surface area contributed by atoms with Crippen molar-refractivity contribution in [3.63, 3.8) is 0 Å². The van der Waals surface area contributed by atoms with Crippen molar-refractivity contribution < 1.29 is 0 Å². The zero-order chi connectivity index (χ0) is 33.7. The topological polar surface area (TPSA) is 56.5 Å². The normalized spacial score (nSPS) is 11.5. The van der Waals surface area contributed by atoms with Crippen molar-refractivity contribution in [2.45, 2.75) is 0 Å². The molecule has 0 saturated carbocycles. The summed E-state index contributed by atoms with van der Waals surface area (Å²) in [4.78, 5) is 19.4. The number of para-hydroxylation sites is 1. The third-order valence-corrected chi connectivity index (χ3v) is 9.78. The molecule has 5 aromatic heterocycles. The fraction of sp³-hybridized carbons (Fsp3) is 0. The van der Waals surface area contributed by atoms with E-state index in [2.05, 4.69) is 137 Å². The molecule has 10 aromatic rings. The fourth-order valence-electron chi connectivity index (χ4n) is 7.56. The van der Waals surface area contributed by atoms with Crippen molar-refractivity contribution in [1.82, 2.24) is 24.5 Å². The standard InChI is InChI=1S/C46H29N5/c1-2-12-30(13-3-1)45-34-15-4-6-17-36(34)46(37-18-7-5-16-35(37)45)32-26-40(50-41(27-32)39-19-10-11-24-48-39)31-21-22-44(49-28-31)51-42-20-9-8-14-33(42)38-29-47-25-23-43(38)51/h1-29H. The number of hydrogen-bond donors (Lipinski definition) is 0. The molecule has 5 heteroatoms. The first-order valence-electron chi connectivity index (χ1n) is 17.0. The Morgan fingerprint density at radius 2 is 1.00 bits per heavy atom. The van der Waals surface area contributed by atoms with Crippen LogP contribution in [0.4, 0.5) is 0 Å². The van der Waals surface area contributed by atoms with E-state index in [0.29, 0.717) is 0 Å². The second kappa shape index (κ2) is 11.9. The number of nitrogens with zero attached hydrogens (tertiary/aromatic N) is 5. The van der Waals surface area contributed by atoms with E-state index in [-0.39, 0.29) is 0 Å². The first kappa shape index (κ1) is 29.0. The number of aromatic nitrogens is 5. The van der Waals surface area contributed by atoms with Gasteiger partial charge >= 0.3 is 0 Å². The molecule has 5 heterocycles. The highest BCUT2D eigenvalue weighted by Gasteiger charge is 2.19. The smallest absolute Gasteiger partial charge is 0.137 e. The average molecular weight is 652 g/mol. The minimum atomic E-state index is 0.808. The lowest BCUT2D eigenvalue weighted by molar-refractivity contribution is 1.08. The second-order valence-corrected chi connectivity index (χ2v) is 12.7. The number of pyridine rings is 4. The van der Waals surface area contributed by atoms with Crippen LogP contribution in [0.5, 0.6) is 0 Å². The zero-order valence-corrected chi connectivity index (χ0v) is 27.5. The summed E-state index contributed by atoms with van der Waals surface area (Å²) in [6, 6.07) is 53.1. The lowest BCUT2D eigenvalue weighted by atomic mass is 9.85. The van der Waals surface area contributed by atoms with Gasteiger partial charge in [0.25, 0.3) is 0 Å². The van der Waals surface area contributed by atoms with Crippen molar-refractivity contribution in [1.29, 1.82) is 0 Å². The molecule has 0 bridgehead atoms. The molecule has 5 nitrogen and oxygen atoms in total. The van der Waals surface area contributed by atoms with Crippen molar-refractivity contribution in [3.05, 3.63) is 176 Å². The van der Waals surface area contributed by atoms with Crippen LogP contribution in [-0.4, -0.2) is 24.5 Å². The molecule has 238 valence electrons. The summed E-state index contributed by atoms with van der Waals surface area (Å²) in [5.74, 6) is 0.839. The Labute approximate surface area is 294 Å². The lowest BCUT2D eigenvalue weighted by Gasteiger charge is -2.18. The van der Waals surface area contributed by atoms with Gasteiger partial charge in [-0.1, -0.05) is 103 Å². The monoisotopic (exact) mass is 651 g/mol. The molecule has 0 aliphatic rings. The maximum atomic E-state index is 5.20. The third kappa shape index (κ3) is 4.78. The summed E-state index contributed by atoms with van der Waals surface area (Å²) in [7, 11) is 0. The first-order valence-corrected chi connectivity index (χ1v) is 17.0. The molecular formula is C46H29N5. The van der Waals surface area contributed by atoms with E-state index in [1.54, 1.807) is 0 Å². The fourth-order valence-corrected chi connectivity index (χ4v) is 7.56. The Kier molecular flexibility index (Phi) is 6.74. The van der Waals surface area contributed by atoms with Gasteiger partial charge < -0.3 is 0 Å². The van der Waals surface area contributed by atoms with Gasteiger partial charge in [-0.05, 0) is 92.3 Å². The van der Waals surface area contributed by atoms with Gasteiger partial charge in [0.1, 0.15) is 5.82 Å². The molecule has 0 unspecified atom stereocenters. The van der Waals surface area contributed by atoms with Crippen LogP contribution in [0.1, 0.15) is 0 Å². The molecule has 5 aromatic carbocycles. The highest BCUT2D eigenvalue weighted by molar-refractivity contribution is 6.21. The summed E-state index contributed by atoms with van der Waals surface area (Å²) >= 11 is 0. The largest absolute Gasteiger partial charge is 0.294 e. The van der Waals surface area contributed by atoms with Gasteiger partial charge in [0.2, 0.25) is 0 Å². The second-order valence-electron chi connectivity index (χ2n) is 12.7.